The van der Waals surface area contributed by atoms with Crippen molar-refractivity contribution in [1.29, 1.82) is 0 Å². The molecular weight excluding hydrogens is 276 g/mol. The van der Waals surface area contributed by atoms with Crippen molar-refractivity contribution < 1.29 is 9.53 Å². The summed E-state index contributed by atoms with van der Waals surface area (Å²) in [6.45, 7) is 7.98. The Balaban J connectivity index is 2.10. The van der Waals surface area contributed by atoms with E-state index in [0.717, 1.165) is 16.9 Å². The van der Waals surface area contributed by atoms with Crippen LogP contribution in [0.4, 0.5) is 5.69 Å². The van der Waals surface area contributed by atoms with Crippen molar-refractivity contribution in [3.05, 3.63) is 53.9 Å². The van der Waals surface area contributed by atoms with Gasteiger partial charge in [0, 0.05) is 6.20 Å². The molecule has 0 fully saturated rings. The first-order valence-corrected chi connectivity index (χ1v) is 7.45. The summed E-state index contributed by atoms with van der Waals surface area (Å²) in [5, 5.41) is 2.80. The summed E-state index contributed by atoms with van der Waals surface area (Å²) in [5.41, 5.74) is 2.88. The van der Waals surface area contributed by atoms with Crippen molar-refractivity contribution in [1.82, 2.24) is 4.98 Å². The number of nitrogens with one attached hydrogen (secondary N) is 1. The Morgan fingerprint density at radius 2 is 2.00 bits per heavy atom. The van der Waals surface area contributed by atoms with Crippen molar-refractivity contribution in [3.63, 3.8) is 0 Å². The second-order valence-corrected chi connectivity index (χ2v) is 5.69. The van der Waals surface area contributed by atoms with Gasteiger partial charge < -0.3 is 10.1 Å². The van der Waals surface area contributed by atoms with E-state index in [4.69, 9.17) is 4.74 Å². The van der Waals surface area contributed by atoms with Crippen LogP contribution in [0.15, 0.2) is 42.7 Å². The molecule has 2 rings (SSSR count). The Labute approximate surface area is 131 Å². The van der Waals surface area contributed by atoms with Gasteiger partial charge in [0.2, 0.25) is 0 Å². The number of hydrogen-bond donors (Lipinski definition) is 1. The Bertz CT molecular complexity index is 639. The van der Waals surface area contributed by atoms with Gasteiger partial charge in [0.15, 0.2) is 6.10 Å². The lowest BCUT2D eigenvalue weighted by molar-refractivity contribution is -0.122. The summed E-state index contributed by atoms with van der Waals surface area (Å²) in [4.78, 5) is 16.2. The van der Waals surface area contributed by atoms with Crippen LogP contribution in [0.5, 0.6) is 5.75 Å². The molecule has 1 aromatic heterocycles. The van der Waals surface area contributed by atoms with Crippen LogP contribution in [-0.4, -0.2) is 17.0 Å². The van der Waals surface area contributed by atoms with Crippen molar-refractivity contribution in [2.45, 2.75) is 39.7 Å². The molecule has 0 saturated carbocycles. The summed E-state index contributed by atoms with van der Waals surface area (Å²) < 4.78 is 5.89. The molecule has 116 valence electrons. The van der Waals surface area contributed by atoms with Gasteiger partial charge in [-0.3, -0.25) is 9.78 Å². The van der Waals surface area contributed by atoms with Crippen molar-refractivity contribution >= 4 is 11.6 Å². The maximum atomic E-state index is 12.2. The van der Waals surface area contributed by atoms with E-state index in [9.17, 15) is 4.79 Å². The number of carbonyl (C=O) groups is 1. The number of nitrogens with zero attached hydrogens (tertiary/aromatic N) is 1. The summed E-state index contributed by atoms with van der Waals surface area (Å²) in [7, 11) is 0. The maximum absolute atomic E-state index is 12.2. The molecule has 1 heterocycles. The van der Waals surface area contributed by atoms with Crippen LogP contribution in [0.25, 0.3) is 0 Å². The number of rotatable bonds is 5. The molecule has 4 heteroatoms. The van der Waals surface area contributed by atoms with E-state index in [1.165, 1.54) is 0 Å². The molecule has 22 heavy (non-hydrogen) atoms. The monoisotopic (exact) mass is 298 g/mol. The number of anilines is 1. The van der Waals surface area contributed by atoms with Crippen LogP contribution in [0, 0.1) is 6.92 Å². The highest BCUT2D eigenvalue weighted by atomic mass is 16.5. The number of ether oxygens (including phenoxy) is 1. The number of carbonyl (C=O) groups excluding carboxylic acids is 1. The molecule has 0 aliphatic heterocycles. The largest absolute Gasteiger partial charge is 0.481 e. The molecule has 2 aromatic rings. The first-order valence-electron chi connectivity index (χ1n) is 7.45. The molecular formula is C18H22N2O2. The van der Waals surface area contributed by atoms with Crippen LogP contribution < -0.4 is 10.1 Å². The van der Waals surface area contributed by atoms with Crippen molar-refractivity contribution in [2.75, 3.05) is 5.32 Å². The van der Waals surface area contributed by atoms with Crippen molar-refractivity contribution in [2.24, 2.45) is 0 Å². The van der Waals surface area contributed by atoms with E-state index in [1.807, 2.05) is 13.0 Å². The average molecular weight is 298 g/mol. The average Bonchev–Trinajstić information content (AvgIpc) is 2.48. The Kier molecular flexibility index (Phi) is 5.15. The van der Waals surface area contributed by atoms with Gasteiger partial charge in [-0.2, -0.15) is 0 Å². The van der Waals surface area contributed by atoms with E-state index in [2.05, 4.69) is 36.3 Å². The number of aryl methyl sites for hydroxylation is 1. The summed E-state index contributed by atoms with van der Waals surface area (Å²) in [5.74, 6) is 0.914. The highest BCUT2D eigenvalue weighted by molar-refractivity contribution is 5.93. The van der Waals surface area contributed by atoms with Crippen molar-refractivity contribution in [3.8, 4) is 5.75 Å². The van der Waals surface area contributed by atoms with Gasteiger partial charge in [-0.1, -0.05) is 26.0 Å². The number of amides is 1. The normalized spacial score (nSPS) is 12.0. The minimum absolute atomic E-state index is 0.191. The molecule has 0 saturated heterocycles. The minimum atomic E-state index is -0.584. The van der Waals surface area contributed by atoms with Crippen LogP contribution >= 0.6 is 0 Å². The van der Waals surface area contributed by atoms with Gasteiger partial charge >= 0.3 is 0 Å². The van der Waals surface area contributed by atoms with Crippen LogP contribution in [0.1, 0.15) is 37.8 Å². The van der Waals surface area contributed by atoms with Gasteiger partial charge in [0.05, 0.1) is 11.9 Å². The summed E-state index contributed by atoms with van der Waals surface area (Å²) in [6, 6.07) is 9.66. The minimum Gasteiger partial charge on any atom is -0.481 e. The third-order valence-corrected chi connectivity index (χ3v) is 3.39. The smallest absolute Gasteiger partial charge is 0.265 e. The third kappa shape index (κ3) is 4.07. The predicted molar refractivity (Wildman–Crippen MR) is 88.2 cm³/mol. The van der Waals surface area contributed by atoms with Crippen LogP contribution in [0.2, 0.25) is 0 Å². The second-order valence-electron chi connectivity index (χ2n) is 5.69. The highest BCUT2D eigenvalue weighted by Crippen LogP contribution is 2.28. The Morgan fingerprint density at radius 3 is 2.64 bits per heavy atom. The predicted octanol–water partition coefficient (Wildman–Crippen LogP) is 3.92. The molecule has 0 aliphatic carbocycles. The quantitative estimate of drug-likeness (QED) is 0.910. The van der Waals surface area contributed by atoms with Crippen LogP contribution in [-0.2, 0) is 4.79 Å². The van der Waals surface area contributed by atoms with E-state index < -0.39 is 6.10 Å². The zero-order valence-corrected chi connectivity index (χ0v) is 13.5. The van der Waals surface area contributed by atoms with Gasteiger partial charge in [-0.15, -0.1) is 0 Å². The standard InChI is InChI=1S/C18H22N2O2/c1-12(2)16-8-7-13(3)10-17(16)22-14(4)18(21)20-15-6-5-9-19-11-15/h5-12,14H,1-4H3,(H,20,21)/t14-/m1/s1. The van der Waals surface area contributed by atoms with E-state index in [-0.39, 0.29) is 5.91 Å². The lowest BCUT2D eigenvalue weighted by Gasteiger charge is -2.19. The van der Waals surface area contributed by atoms with E-state index in [0.29, 0.717) is 11.6 Å². The van der Waals surface area contributed by atoms with Crippen LogP contribution in [0.3, 0.4) is 0 Å². The number of pyridine rings is 1. The topological polar surface area (TPSA) is 51.2 Å². The molecule has 1 atom stereocenters. The fourth-order valence-electron chi connectivity index (χ4n) is 2.15. The number of benzene rings is 1. The highest BCUT2D eigenvalue weighted by Gasteiger charge is 2.17. The third-order valence-electron chi connectivity index (χ3n) is 3.39. The summed E-state index contributed by atoms with van der Waals surface area (Å²) in [6.07, 6.45) is 2.69. The van der Waals surface area contributed by atoms with Gasteiger partial charge in [0.1, 0.15) is 5.75 Å². The van der Waals surface area contributed by atoms with E-state index >= 15 is 0 Å². The molecule has 1 aromatic carbocycles. The second kappa shape index (κ2) is 7.07. The molecule has 0 radical (unpaired) electrons. The van der Waals surface area contributed by atoms with E-state index in [1.54, 1.807) is 31.5 Å². The first kappa shape index (κ1) is 16.0. The zero-order valence-electron chi connectivity index (χ0n) is 13.5. The molecule has 0 unspecified atom stereocenters. The van der Waals surface area contributed by atoms with Gasteiger partial charge in [-0.05, 0) is 49.1 Å². The Hall–Kier alpha value is -2.36. The zero-order chi connectivity index (χ0) is 16.1. The molecule has 1 amide bonds. The molecule has 4 nitrogen and oxygen atoms in total. The fraction of sp³-hybridized carbons (Fsp3) is 0.333. The maximum Gasteiger partial charge on any atom is 0.265 e. The SMILES string of the molecule is Cc1ccc(C(C)C)c(O[C@H](C)C(=O)Nc2cccnc2)c1. The lowest BCUT2D eigenvalue weighted by atomic mass is 10.0. The summed E-state index contributed by atoms with van der Waals surface area (Å²) >= 11 is 0. The molecule has 0 aliphatic rings. The van der Waals surface area contributed by atoms with Gasteiger partial charge in [-0.25, -0.2) is 0 Å². The lowest BCUT2D eigenvalue weighted by Crippen LogP contribution is -2.30. The first-order chi connectivity index (χ1) is 10.5. The number of aromatic nitrogens is 1. The molecule has 1 N–H and O–H groups in total. The fourth-order valence-corrected chi connectivity index (χ4v) is 2.15. The molecule has 0 bridgehead atoms. The molecule has 0 spiro atoms. The Morgan fingerprint density at radius 1 is 1.23 bits per heavy atom. The van der Waals surface area contributed by atoms with Gasteiger partial charge in [0.25, 0.3) is 5.91 Å². The number of hydrogen-bond acceptors (Lipinski definition) is 3.